The van der Waals surface area contributed by atoms with Crippen molar-refractivity contribution >= 4 is 22.5 Å². The van der Waals surface area contributed by atoms with E-state index in [-0.39, 0.29) is 5.78 Å². The lowest BCUT2D eigenvalue weighted by Crippen LogP contribution is -2.36. The third-order valence-corrected chi connectivity index (χ3v) is 7.59. The van der Waals surface area contributed by atoms with E-state index in [0.29, 0.717) is 11.5 Å². The summed E-state index contributed by atoms with van der Waals surface area (Å²) < 4.78 is 7.45. The van der Waals surface area contributed by atoms with Crippen molar-refractivity contribution in [2.24, 2.45) is 0 Å². The zero-order valence-corrected chi connectivity index (χ0v) is 23.9. The maximum atomic E-state index is 12.9. The summed E-state index contributed by atoms with van der Waals surface area (Å²) >= 11 is 0. The van der Waals surface area contributed by atoms with Crippen LogP contribution in [-0.2, 0) is 4.74 Å². The van der Waals surface area contributed by atoms with Crippen molar-refractivity contribution in [3.05, 3.63) is 132 Å². The first-order chi connectivity index (χ1) is 20.2. The lowest BCUT2D eigenvalue weighted by Gasteiger charge is -2.26. The van der Waals surface area contributed by atoms with Crippen LogP contribution < -0.4 is 0 Å². The minimum absolute atomic E-state index is 0.0234. The summed E-state index contributed by atoms with van der Waals surface area (Å²) in [6.07, 6.45) is 25.5. The number of imidazole rings is 1. The third kappa shape index (κ3) is 8.00. The number of aromatic nitrogens is 2. The van der Waals surface area contributed by atoms with Gasteiger partial charge in [-0.05, 0) is 79.3 Å². The van der Waals surface area contributed by atoms with E-state index in [4.69, 9.17) is 4.74 Å². The molecule has 210 valence electrons. The summed E-state index contributed by atoms with van der Waals surface area (Å²) in [5.74, 6) is 0.411. The van der Waals surface area contributed by atoms with Gasteiger partial charge in [-0.25, -0.2) is 4.98 Å². The number of rotatable bonds is 11. The Kier molecular flexibility index (Phi) is 10.1. The largest absolute Gasteiger partial charge is 0.379 e. The van der Waals surface area contributed by atoms with Crippen molar-refractivity contribution in [3.63, 3.8) is 0 Å². The van der Waals surface area contributed by atoms with E-state index in [0.717, 1.165) is 68.8 Å². The molecule has 1 aliphatic heterocycles. The molecule has 1 fully saturated rings. The lowest BCUT2D eigenvalue weighted by atomic mass is 10.00. The third-order valence-electron chi connectivity index (χ3n) is 7.59. The number of hydrogen-bond donors (Lipinski definition) is 0. The van der Waals surface area contributed by atoms with Gasteiger partial charge < -0.3 is 4.74 Å². The Bertz CT molecular complexity index is 1500. The molecule has 0 bridgehead atoms. The summed E-state index contributed by atoms with van der Waals surface area (Å²) in [5, 5.41) is 0. The van der Waals surface area contributed by atoms with Crippen molar-refractivity contribution in [3.8, 4) is 0 Å². The summed E-state index contributed by atoms with van der Waals surface area (Å²) in [7, 11) is 0. The molecule has 2 heterocycles. The van der Waals surface area contributed by atoms with Crippen molar-refractivity contribution in [1.82, 2.24) is 14.5 Å². The van der Waals surface area contributed by atoms with Crippen molar-refractivity contribution in [1.29, 1.82) is 0 Å². The van der Waals surface area contributed by atoms with Crippen LogP contribution in [0.3, 0.4) is 0 Å². The standard InChI is InChI=1S/C36H39N3O2/c1-29(31-15-4-2-5-16-31)11-8-12-30-13-9-17-33(18-10-14-30)39-28-37-34-21-20-32(27-35(34)39)36(40)19-6-3-7-22-38-23-25-41-26-24-38/h2,4-6,8-11,13-21,27-29H,3,7,12,22-26H2,1H3/b11-8+,13-9+,14-10?,17-9?,18-10-,19-6?,30-13?,30-14-,33-17-,33-18?/t29-/m1/s1. The van der Waals surface area contributed by atoms with E-state index >= 15 is 0 Å². The fraction of sp³-hybridized carbons (Fsp3) is 0.278. The molecule has 0 unspecified atom stereocenters. The van der Waals surface area contributed by atoms with Gasteiger partial charge in [0.05, 0.1) is 24.2 Å². The van der Waals surface area contributed by atoms with Crippen LogP contribution in [0.2, 0.25) is 0 Å². The fourth-order valence-electron chi connectivity index (χ4n) is 5.14. The van der Waals surface area contributed by atoms with E-state index in [1.165, 1.54) is 11.1 Å². The number of fused-ring (bicyclic) bond motifs is 1. The molecule has 1 aromatic heterocycles. The Morgan fingerprint density at radius 2 is 1.85 bits per heavy atom. The predicted molar refractivity (Wildman–Crippen MR) is 169 cm³/mol. The van der Waals surface area contributed by atoms with E-state index in [2.05, 4.69) is 95.7 Å². The van der Waals surface area contributed by atoms with Gasteiger partial charge in [-0.3, -0.25) is 14.3 Å². The minimum atomic E-state index is 0.0234. The zero-order chi connectivity index (χ0) is 28.3. The average Bonchev–Trinajstić information content (AvgIpc) is 3.42. The first kappa shape index (κ1) is 28.5. The van der Waals surface area contributed by atoms with Crippen LogP contribution in [0, 0.1) is 0 Å². The second-order valence-electron chi connectivity index (χ2n) is 10.6. The highest BCUT2D eigenvalue weighted by molar-refractivity contribution is 6.06. The number of ketones is 1. The quantitative estimate of drug-likeness (QED) is 0.108. The number of carbonyl (C=O) groups excluding carboxylic acids is 1. The van der Waals surface area contributed by atoms with Gasteiger partial charge in [0, 0.05) is 24.4 Å². The Balaban J connectivity index is 1.19. The number of benzene rings is 2. The van der Waals surface area contributed by atoms with E-state index < -0.39 is 0 Å². The van der Waals surface area contributed by atoms with Crippen LogP contribution >= 0.6 is 0 Å². The SMILES string of the molecule is C[C@H](/C=C/CC1=C/C=C\C(n2cnc3ccc(C(=O)C=CCCCN4CCOCC4)cc32)=C\C=C\1)c1ccccc1. The maximum Gasteiger partial charge on any atom is 0.185 e. The molecule has 0 radical (unpaired) electrons. The van der Waals surface area contributed by atoms with Gasteiger partial charge in [-0.1, -0.05) is 79.8 Å². The highest BCUT2D eigenvalue weighted by Crippen LogP contribution is 2.22. The molecule has 0 saturated carbocycles. The smallest absolute Gasteiger partial charge is 0.185 e. The molecule has 3 aromatic rings. The van der Waals surface area contributed by atoms with Crippen molar-refractivity contribution in [2.45, 2.75) is 32.1 Å². The number of morpholine rings is 1. The number of hydrogen-bond acceptors (Lipinski definition) is 4. The molecule has 1 saturated heterocycles. The van der Waals surface area contributed by atoms with Gasteiger partial charge in [-0.2, -0.15) is 0 Å². The van der Waals surface area contributed by atoms with Gasteiger partial charge in [0.1, 0.15) is 6.33 Å². The molecule has 2 aromatic carbocycles. The van der Waals surface area contributed by atoms with E-state index in [1.807, 2.05) is 35.2 Å². The second-order valence-corrected chi connectivity index (χ2v) is 10.6. The molecule has 2 aliphatic rings. The van der Waals surface area contributed by atoms with Crippen molar-refractivity contribution in [2.75, 3.05) is 32.8 Å². The van der Waals surface area contributed by atoms with Gasteiger partial charge >= 0.3 is 0 Å². The fourth-order valence-corrected chi connectivity index (χ4v) is 5.14. The summed E-state index contributed by atoms with van der Waals surface area (Å²) in [6.45, 7) is 6.91. The summed E-state index contributed by atoms with van der Waals surface area (Å²) in [5.41, 5.74) is 6.03. The molecule has 1 atom stereocenters. The molecule has 5 heteroatoms. The molecule has 1 aliphatic carbocycles. The van der Waals surface area contributed by atoms with Crippen LogP contribution in [0.5, 0.6) is 0 Å². The number of nitrogens with zero attached hydrogens (tertiary/aromatic N) is 3. The normalized spacial score (nSPS) is 21.2. The monoisotopic (exact) mass is 545 g/mol. The number of allylic oxidation sites excluding steroid dienone is 12. The summed E-state index contributed by atoms with van der Waals surface area (Å²) in [4.78, 5) is 19.9. The molecular formula is C36H39N3O2. The first-order valence-electron chi connectivity index (χ1n) is 14.6. The number of carbonyl (C=O) groups is 1. The number of unbranched alkanes of at least 4 members (excludes halogenated alkanes) is 1. The maximum absolute atomic E-state index is 12.9. The topological polar surface area (TPSA) is 47.4 Å². The summed E-state index contributed by atoms with van der Waals surface area (Å²) in [6, 6.07) is 16.3. The van der Waals surface area contributed by atoms with Gasteiger partial charge in [0.2, 0.25) is 0 Å². The Morgan fingerprint density at radius 1 is 1.02 bits per heavy atom. The van der Waals surface area contributed by atoms with Crippen LogP contribution in [-0.4, -0.2) is 53.1 Å². The second kappa shape index (κ2) is 14.5. The first-order valence-corrected chi connectivity index (χ1v) is 14.6. The Morgan fingerprint density at radius 3 is 2.71 bits per heavy atom. The van der Waals surface area contributed by atoms with Gasteiger partial charge in [0.25, 0.3) is 0 Å². The van der Waals surface area contributed by atoms with Crippen LogP contribution in [0.25, 0.3) is 16.7 Å². The Labute approximate surface area is 243 Å². The molecule has 5 nitrogen and oxygen atoms in total. The van der Waals surface area contributed by atoms with Crippen LogP contribution in [0.15, 0.2) is 121 Å². The Hall–Kier alpha value is -4.06. The molecule has 5 rings (SSSR count). The number of ether oxygens (including phenoxy) is 1. The van der Waals surface area contributed by atoms with Gasteiger partial charge in [0.15, 0.2) is 5.78 Å². The zero-order valence-electron chi connectivity index (χ0n) is 23.9. The van der Waals surface area contributed by atoms with E-state index in [9.17, 15) is 4.79 Å². The van der Waals surface area contributed by atoms with Crippen molar-refractivity contribution < 1.29 is 9.53 Å². The van der Waals surface area contributed by atoms with Crippen LogP contribution in [0.1, 0.15) is 48.0 Å². The lowest BCUT2D eigenvalue weighted by molar-refractivity contribution is 0.0375. The predicted octanol–water partition coefficient (Wildman–Crippen LogP) is 7.53. The molecule has 41 heavy (non-hydrogen) atoms. The molecule has 0 amide bonds. The molecule has 0 N–H and O–H groups in total. The molecule has 0 spiro atoms. The highest BCUT2D eigenvalue weighted by Gasteiger charge is 2.11. The van der Waals surface area contributed by atoms with E-state index in [1.54, 1.807) is 6.08 Å². The highest BCUT2D eigenvalue weighted by atomic mass is 16.5. The minimum Gasteiger partial charge on any atom is -0.379 e. The van der Waals surface area contributed by atoms with Gasteiger partial charge in [-0.15, -0.1) is 0 Å². The average molecular weight is 546 g/mol. The van der Waals surface area contributed by atoms with Crippen LogP contribution in [0.4, 0.5) is 0 Å². The molecular weight excluding hydrogens is 506 g/mol.